The van der Waals surface area contributed by atoms with Gasteiger partial charge in [0.05, 0.1) is 11.9 Å². The molecule has 0 N–H and O–H groups in total. The van der Waals surface area contributed by atoms with E-state index in [0.717, 1.165) is 25.7 Å². The molecule has 0 aliphatic carbocycles. The number of hydrogen-bond donors (Lipinski definition) is 1. The van der Waals surface area contributed by atoms with Crippen LogP contribution in [-0.2, 0) is 16.0 Å². The average Bonchev–Trinajstić information content (AvgIpc) is 2.64. The zero-order valence-corrected chi connectivity index (χ0v) is 16.8. The molecule has 1 rings (SSSR count). The van der Waals surface area contributed by atoms with E-state index < -0.39 is 0 Å². The van der Waals surface area contributed by atoms with Crippen LogP contribution in [0.15, 0.2) is 30.3 Å². The maximum atomic E-state index is 11.9. The van der Waals surface area contributed by atoms with Crippen LogP contribution in [0.5, 0.6) is 0 Å². The van der Waals surface area contributed by atoms with Crippen molar-refractivity contribution in [1.82, 2.24) is 0 Å². The largest absolute Gasteiger partial charge is 0.465 e. The van der Waals surface area contributed by atoms with Crippen molar-refractivity contribution in [3.63, 3.8) is 0 Å². The van der Waals surface area contributed by atoms with Gasteiger partial charge < -0.3 is 4.74 Å². The number of esters is 1. The summed E-state index contributed by atoms with van der Waals surface area (Å²) in [5.74, 6) is -0.171. The van der Waals surface area contributed by atoms with Crippen molar-refractivity contribution in [2.45, 2.75) is 89.2 Å². The predicted molar refractivity (Wildman–Crippen MR) is 110 cm³/mol. The minimum absolute atomic E-state index is 0.171. The minimum atomic E-state index is -0.316. The topological polar surface area (TPSA) is 26.3 Å². The fourth-order valence-corrected chi connectivity index (χ4v) is 3.13. The summed E-state index contributed by atoms with van der Waals surface area (Å²) in [6, 6.07) is 10.2. The first kappa shape index (κ1) is 22.1. The lowest BCUT2D eigenvalue weighted by Gasteiger charge is -2.11. The highest BCUT2D eigenvalue weighted by Gasteiger charge is 2.15. The summed E-state index contributed by atoms with van der Waals surface area (Å²) in [4.78, 5) is 11.9. The predicted octanol–water partition coefficient (Wildman–Crippen LogP) is 6.38. The molecule has 2 nitrogen and oxygen atoms in total. The molecule has 0 spiro atoms. The van der Waals surface area contributed by atoms with E-state index in [2.05, 4.69) is 31.7 Å². The van der Waals surface area contributed by atoms with Crippen LogP contribution < -0.4 is 0 Å². The SMILES string of the molecule is CCCCCCCCCCCCOC(=O)C(S)CCc1ccccc1. The summed E-state index contributed by atoms with van der Waals surface area (Å²) >= 11 is 4.39. The molecule has 0 amide bonds. The maximum Gasteiger partial charge on any atom is 0.318 e. The Bertz CT molecular complexity index is 433. The molecule has 1 aromatic rings. The Kier molecular flexibility index (Phi) is 13.5. The fourth-order valence-electron chi connectivity index (χ4n) is 2.92. The van der Waals surface area contributed by atoms with Crippen LogP contribution in [-0.4, -0.2) is 17.8 Å². The second-order valence-corrected chi connectivity index (χ2v) is 7.51. The Morgan fingerprint density at radius 2 is 1.48 bits per heavy atom. The van der Waals surface area contributed by atoms with Crippen molar-refractivity contribution in [3.8, 4) is 0 Å². The van der Waals surface area contributed by atoms with E-state index in [4.69, 9.17) is 4.74 Å². The van der Waals surface area contributed by atoms with E-state index in [1.54, 1.807) is 0 Å². The molecule has 0 bridgehead atoms. The molecule has 25 heavy (non-hydrogen) atoms. The molecule has 0 saturated heterocycles. The smallest absolute Gasteiger partial charge is 0.318 e. The monoisotopic (exact) mass is 364 g/mol. The number of hydrogen-bond acceptors (Lipinski definition) is 3. The van der Waals surface area contributed by atoms with Crippen molar-refractivity contribution in [2.75, 3.05) is 6.61 Å². The van der Waals surface area contributed by atoms with Crippen molar-refractivity contribution in [1.29, 1.82) is 0 Å². The summed E-state index contributed by atoms with van der Waals surface area (Å²) in [5.41, 5.74) is 1.24. The summed E-state index contributed by atoms with van der Waals surface area (Å²) in [7, 11) is 0. The number of carbonyl (C=O) groups is 1. The summed E-state index contributed by atoms with van der Waals surface area (Å²) in [5, 5.41) is -0.316. The van der Waals surface area contributed by atoms with Crippen LogP contribution in [0, 0.1) is 0 Å². The Morgan fingerprint density at radius 1 is 0.920 bits per heavy atom. The molecule has 1 unspecified atom stereocenters. The van der Waals surface area contributed by atoms with Gasteiger partial charge in [-0.3, -0.25) is 4.79 Å². The number of rotatable bonds is 15. The molecule has 0 heterocycles. The number of unbranched alkanes of at least 4 members (excludes halogenated alkanes) is 9. The molecule has 0 aliphatic rings. The second kappa shape index (κ2) is 15.3. The third-order valence-electron chi connectivity index (χ3n) is 4.56. The molecule has 142 valence electrons. The Balaban J connectivity index is 1.92. The molecule has 0 aliphatic heterocycles. The highest BCUT2D eigenvalue weighted by molar-refractivity contribution is 7.81. The van der Waals surface area contributed by atoms with Crippen LogP contribution >= 0.6 is 12.6 Å². The zero-order valence-electron chi connectivity index (χ0n) is 15.9. The molecule has 1 aromatic carbocycles. The summed E-state index contributed by atoms with van der Waals surface area (Å²) in [6.07, 6.45) is 14.5. The number of aryl methyl sites for hydroxylation is 1. The third-order valence-corrected chi connectivity index (χ3v) is 5.03. The lowest BCUT2D eigenvalue weighted by atomic mass is 10.1. The van der Waals surface area contributed by atoms with Crippen LogP contribution in [0.1, 0.15) is 83.1 Å². The first-order chi connectivity index (χ1) is 12.2. The van der Waals surface area contributed by atoms with Gasteiger partial charge in [-0.2, -0.15) is 12.6 Å². The van der Waals surface area contributed by atoms with Gasteiger partial charge in [-0.15, -0.1) is 0 Å². The Morgan fingerprint density at radius 3 is 2.08 bits per heavy atom. The van der Waals surface area contributed by atoms with E-state index in [1.807, 2.05) is 18.2 Å². The molecule has 3 heteroatoms. The molecule has 1 atom stereocenters. The zero-order chi connectivity index (χ0) is 18.2. The standard InChI is InChI=1S/C22H36O2S/c1-2-3-4-5-6-7-8-9-10-14-19-24-22(23)21(25)18-17-20-15-12-11-13-16-20/h11-13,15-16,21,25H,2-10,14,17-19H2,1H3. The normalized spacial score (nSPS) is 12.1. The van der Waals surface area contributed by atoms with Gasteiger partial charge >= 0.3 is 5.97 Å². The van der Waals surface area contributed by atoms with Crippen molar-refractivity contribution in [3.05, 3.63) is 35.9 Å². The first-order valence-corrected chi connectivity index (χ1v) is 10.6. The second-order valence-electron chi connectivity index (χ2n) is 6.89. The van der Waals surface area contributed by atoms with Gasteiger partial charge in [-0.05, 0) is 24.8 Å². The minimum Gasteiger partial charge on any atom is -0.465 e. The van der Waals surface area contributed by atoms with Gasteiger partial charge in [0.25, 0.3) is 0 Å². The van der Waals surface area contributed by atoms with E-state index in [1.165, 1.54) is 56.9 Å². The van der Waals surface area contributed by atoms with E-state index in [9.17, 15) is 4.79 Å². The number of carbonyl (C=O) groups excluding carboxylic acids is 1. The Labute approximate surface area is 160 Å². The number of benzene rings is 1. The average molecular weight is 365 g/mol. The van der Waals surface area contributed by atoms with Crippen LogP contribution in [0.2, 0.25) is 0 Å². The van der Waals surface area contributed by atoms with Crippen LogP contribution in [0.3, 0.4) is 0 Å². The Hall–Kier alpha value is -0.960. The van der Waals surface area contributed by atoms with E-state index in [-0.39, 0.29) is 11.2 Å². The fraction of sp³-hybridized carbons (Fsp3) is 0.682. The highest BCUT2D eigenvalue weighted by atomic mass is 32.1. The van der Waals surface area contributed by atoms with Crippen LogP contribution in [0.4, 0.5) is 0 Å². The third kappa shape index (κ3) is 12.1. The van der Waals surface area contributed by atoms with Gasteiger partial charge in [0.1, 0.15) is 0 Å². The molecule has 0 saturated carbocycles. The molecule has 0 aromatic heterocycles. The highest BCUT2D eigenvalue weighted by Crippen LogP contribution is 2.12. The molecular formula is C22H36O2S. The maximum absolute atomic E-state index is 11.9. The van der Waals surface area contributed by atoms with Crippen molar-refractivity contribution < 1.29 is 9.53 Å². The van der Waals surface area contributed by atoms with Gasteiger partial charge in [0.2, 0.25) is 0 Å². The first-order valence-electron chi connectivity index (χ1n) is 10.1. The van der Waals surface area contributed by atoms with Gasteiger partial charge in [0.15, 0.2) is 0 Å². The van der Waals surface area contributed by atoms with Gasteiger partial charge in [0, 0.05) is 0 Å². The summed E-state index contributed by atoms with van der Waals surface area (Å²) < 4.78 is 5.35. The van der Waals surface area contributed by atoms with Crippen LogP contribution in [0.25, 0.3) is 0 Å². The quantitative estimate of drug-likeness (QED) is 0.222. The lowest BCUT2D eigenvalue weighted by Crippen LogP contribution is -2.19. The van der Waals surface area contributed by atoms with E-state index in [0.29, 0.717) is 6.61 Å². The van der Waals surface area contributed by atoms with Crippen molar-refractivity contribution in [2.24, 2.45) is 0 Å². The van der Waals surface area contributed by atoms with E-state index >= 15 is 0 Å². The number of thiol groups is 1. The molecule has 0 fully saturated rings. The molecular weight excluding hydrogens is 328 g/mol. The van der Waals surface area contributed by atoms with Gasteiger partial charge in [-0.25, -0.2) is 0 Å². The number of ether oxygens (including phenoxy) is 1. The van der Waals surface area contributed by atoms with Crippen molar-refractivity contribution >= 4 is 18.6 Å². The lowest BCUT2D eigenvalue weighted by molar-refractivity contribution is -0.143. The molecule has 0 radical (unpaired) electrons. The van der Waals surface area contributed by atoms with Gasteiger partial charge in [-0.1, -0.05) is 95.0 Å². The summed E-state index contributed by atoms with van der Waals surface area (Å²) in [6.45, 7) is 2.80.